The molecule has 6 nitrogen and oxygen atoms in total. The number of nitrogens with one attached hydrogen (secondary N) is 1. The number of carboxylic acid groups (broad SMARTS) is 1. The Morgan fingerprint density at radius 1 is 1.71 bits per heavy atom. The van der Waals surface area contributed by atoms with Crippen LogP contribution < -0.4 is 10.2 Å². The van der Waals surface area contributed by atoms with Gasteiger partial charge >= 0.3 is 5.97 Å². The van der Waals surface area contributed by atoms with E-state index in [0.29, 0.717) is 24.1 Å². The Balaban J connectivity index is 2.26. The van der Waals surface area contributed by atoms with E-state index in [1.54, 1.807) is 17.2 Å². The number of carbonyl (C=O) groups is 1. The second kappa shape index (κ2) is 5.33. The molecule has 0 amide bonds. The van der Waals surface area contributed by atoms with E-state index in [-0.39, 0.29) is 0 Å². The van der Waals surface area contributed by atoms with Gasteiger partial charge in [0.25, 0.3) is 0 Å². The standard InChI is InChI=1S/C10H14N4O2S/c1-17-10-12-3-2-8(13-10)14-5-4-11-6-7(14)9(15)16/h2-3,7,11H,4-6H2,1H3,(H,15,16). The predicted molar refractivity (Wildman–Crippen MR) is 65.5 cm³/mol. The summed E-state index contributed by atoms with van der Waals surface area (Å²) >= 11 is 1.44. The number of thioether (sulfide) groups is 1. The zero-order valence-corrected chi connectivity index (χ0v) is 10.3. The van der Waals surface area contributed by atoms with Gasteiger partial charge in [0, 0.05) is 25.8 Å². The van der Waals surface area contributed by atoms with Gasteiger partial charge in [0.2, 0.25) is 0 Å². The van der Waals surface area contributed by atoms with E-state index in [9.17, 15) is 4.79 Å². The zero-order chi connectivity index (χ0) is 12.3. The summed E-state index contributed by atoms with van der Waals surface area (Å²) in [4.78, 5) is 21.4. The molecule has 1 aliphatic rings. The van der Waals surface area contributed by atoms with Gasteiger partial charge in [-0.15, -0.1) is 0 Å². The quantitative estimate of drug-likeness (QED) is 0.583. The first-order valence-electron chi connectivity index (χ1n) is 5.29. The largest absolute Gasteiger partial charge is 0.480 e. The molecule has 1 saturated heterocycles. The first-order chi connectivity index (χ1) is 8.22. The lowest BCUT2D eigenvalue weighted by atomic mass is 10.2. The zero-order valence-electron chi connectivity index (χ0n) is 9.46. The number of rotatable bonds is 3. The van der Waals surface area contributed by atoms with E-state index in [1.165, 1.54) is 11.8 Å². The van der Waals surface area contributed by atoms with Crippen molar-refractivity contribution in [3.8, 4) is 0 Å². The number of nitrogens with zero attached hydrogens (tertiary/aromatic N) is 3. The van der Waals surface area contributed by atoms with Crippen molar-refractivity contribution in [2.24, 2.45) is 0 Å². The lowest BCUT2D eigenvalue weighted by Crippen LogP contribution is -2.55. The Labute approximate surface area is 103 Å². The van der Waals surface area contributed by atoms with Gasteiger partial charge in [-0.1, -0.05) is 11.8 Å². The van der Waals surface area contributed by atoms with Crippen LogP contribution in [-0.4, -0.2) is 53.0 Å². The predicted octanol–water partition coefficient (Wildman–Crippen LogP) is 0.0613. The van der Waals surface area contributed by atoms with E-state index in [0.717, 1.165) is 6.54 Å². The lowest BCUT2D eigenvalue weighted by Gasteiger charge is -2.34. The highest BCUT2D eigenvalue weighted by Gasteiger charge is 2.29. The fraction of sp³-hybridized carbons (Fsp3) is 0.500. The molecule has 92 valence electrons. The third-order valence-electron chi connectivity index (χ3n) is 2.62. The first-order valence-corrected chi connectivity index (χ1v) is 6.52. The summed E-state index contributed by atoms with van der Waals surface area (Å²) in [5.74, 6) is -0.153. The Morgan fingerprint density at radius 3 is 3.24 bits per heavy atom. The van der Waals surface area contributed by atoms with Gasteiger partial charge in [-0.2, -0.15) is 0 Å². The Hall–Kier alpha value is -1.34. The summed E-state index contributed by atoms with van der Waals surface area (Å²) in [6.07, 6.45) is 3.56. The molecule has 0 bridgehead atoms. The fourth-order valence-corrected chi connectivity index (χ4v) is 2.14. The van der Waals surface area contributed by atoms with Crippen molar-refractivity contribution in [3.05, 3.63) is 12.3 Å². The maximum atomic E-state index is 11.2. The molecule has 0 aliphatic carbocycles. The minimum atomic E-state index is -0.832. The van der Waals surface area contributed by atoms with E-state index in [4.69, 9.17) is 5.11 Å². The second-order valence-electron chi connectivity index (χ2n) is 3.65. The maximum absolute atomic E-state index is 11.2. The molecule has 7 heteroatoms. The van der Waals surface area contributed by atoms with Crippen LogP contribution in [0.2, 0.25) is 0 Å². The molecule has 1 fully saturated rings. The first kappa shape index (κ1) is 12.1. The molecule has 1 unspecified atom stereocenters. The second-order valence-corrected chi connectivity index (χ2v) is 4.43. The number of carboxylic acids is 1. The molecule has 0 radical (unpaired) electrons. The molecular formula is C10H14N4O2S. The third-order valence-corrected chi connectivity index (χ3v) is 3.19. The molecule has 2 N–H and O–H groups in total. The fourth-order valence-electron chi connectivity index (χ4n) is 1.79. The van der Waals surface area contributed by atoms with E-state index >= 15 is 0 Å². The topological polar surface area (TPSA) is 78.4 Å². The lowest BCUT2D eigenvalue weighted by molar-refractivity contribution is -0.138. The molecule has 1 aliphatic heterocycles. The van der Waals surface area contributed by atoms with Gasteiger partial charge in [-0.3, -0.25) is 0 Å². The maximum Gasteiger partial charge on any atom is 0.327 e. The van der Waals surface area contributed by atoms with Crippen molar-refractivity contribution in [2.45, 2.75) is 11.2 Å². The number of aliphatic carboxylic acids is 1. The molecule has 2 rings (SSSR count). The summed E-state index contributed by atoms with van der Waals surface area (Å²) in [7, 11) is 0. The minimum absolute atomic E-state index is 0.438. The number of aromatic nitrogens is 2. The molecular weight excluding hydrogens is 240 g/mol. The van der Waals surface area contributed by atoms with Gasteiger partial charge in [-0.05, 0) is 12.3 Å². The monoisotopic (exact) mass is 254 g/mol. The molecule has 0 aromatic carbocycles. The molecule has 1 aromatic rings. The SMILES string of the molecule is CSc1nccc(N2CCNCC2C(=O)O)n1. The average molecular weight is 254 g/mol. The van der Waals surface area contributed by atoms with Crippen LogP contribution in [0.5, 0.6) is 0 Å². The molecule has 1 atom stereocenters. The van der Waals surface area contributed by atoms with Crippen LogP contribution in [-0.2, 0) is 4.79 Å². The van der Waals surface area contributed by atoms with Gasteiger partial charge in [-0.25, -0.2) is 14.8 Å². The van der Waals surface area contributed by atoms with Crippen LogP contribution in [0, 0.1) is 0 Å². The van der Waals surface area contributed by atoms with Crippen molar-refractivity contribution < 1.29 is 9.90 Å². The summed E-state index contributed by atoms with van der Waals surface area (Å²) in [5.41, 5.74) is 0. The van der Waals surface area contributed by atoms with Crippen LogP contribution in [0.15, 0.2) is 17.4 Å². The Kier molecular flexibility index (Phi) is 3.80. The number of hydrogen-bond acceptors (Lipinski definition) is 6. The van der Waals surface area contributed by atoms with E-state index in [2.05, 4.69) is 15.3 Å². The summed E-state index contributed by atoms with van der Waals surface area (Å²) < 4.78 is 0. The highest BCUT2D eigenvalue weighted by atomic mass is 32.2. The molecule has 0 saturated carbocycles. The third kappa shape index (κ3) is 2.67. The average Bonchev–Trinajstić information content (AvgIpc) is 2.39. The van der Waals surface area contributed by atoms with Gasteiger partial charge < -0.3 is 15.3 Å². The van der Waals surface area contributed by atoms with E-state index in [1.807, 2.05) is 6.26 Å². The number of hydrogen-bond donors (Lipinski definition) is 2. The number of anilines is 1. The smallest absolute Gasteiger partial charge is 0.327 e. The van der Waals surface area contributed by atoms with Crippen LogP contribution in [0.3, 0.4) is 0 Å². The molecule has 17 heavy (non-hydrogen) atoms. The van der Waals surface area contributed by atoms with Crippen LogP contribution in [0.25, 0.3) is 0 Å². The molecule has 1 aromatic heterocycles. The highest BCUT2D eigenvalue weighted by molar-refractivity contribution is 7.98. The van der Waals surface area contributed by atoms with Gasteiger partial charge in [0.05, 0.1) is 0 Å². The van der Waals surface area contributed by atoms with Crippen LogP contribution in [0.4, 0.5) is 5.82 Å². The van der Waals surface area contributed by atoms with Crippen molar-refractivity contribution in [1.82, 2.24) is 15.3 Å². The summed E-state index contributed by atoms with van der Waals surface area (Å²) in [6.45, 7) is 1.85. The highest BCUT2D eigenvalue weighted by Crippen LogP contribution is 2.18. The van der Waals surface area contributed by atoms with Crippen LogP contribution in [0.1, 0.15) is 0 Å². The summed E-state index contributed by atoms with van der Waals surface area (Å²) in [6, 6.07) is 1.19. The van der Waals surface area contributed by atoms with Crippen molar-refractivity contribution in [3.63, 3.8) is 0 Å². The van der Waals surface area contributed by atoms with Gasteiger partial charge in [0.15, 0.2) is 5.16 Å². The van der Waals surface area contributed by atoms with Gasteiger partial charge in [0.1, 0.15) is 11.9 Å². The minimum Gasteiger partial charge on any atom is -0.480 e. The normalized spacial score (nSPS) is 20.3. The molecule has 2 heterocycles. The Bertz CT molecular complexity index is 415. The number of piperazine rings is 1. The molecule has 0 spiro atoms. The van der Waals surface area contributed by atoms with Crippen molar-refractivity contribution >= 4 is 23.5 Å². The Morgan fingerprint density at radius 2 is 2.53 bits per heavy atom. The summed E-state index contributed by atoms with van der Waals surface area (Å²) in [5, 5.41) is 12.9. The van der Waals surface area contributed by atoms with Crippen molar-refractivity contribution in [2.75, 3.05) is 30.8 Å². The van der Waals surface area contributed by atoms with Crippen LogP contribution >= 0.6 is 11.8 Å². The van der Waals surface area contributed by atoms with Crippen molar-refractivity contribution in [1.29, 1.82) is 0 Å². The van der Waals surface area contributed by atoms with E-state index < -0.39 is 12.0 Å².